The molecule has 1 aromatic heterocycles. The quantitative estimate of drug-likeness (QED) is 0.773. The Labute approximate surface area is 105 Å². The van der Waals surface area contributed by atoms with Crippen LogP contribution in [0.1, 0.15) is 17.8 Å². The predicted octanol–water partition coefficient (Wildman–Crippen LogP) is 1.05. The van der Waals surface area contributed by atoms with Gasteiger partial charge < -0.3 is 4.79 Å². The first kappa shape index (κ1) is 12.7. The molecule has 2 rings (SSSR count). The maximum atomic E-state index is 12.2. The Bertz CT molecular complexity index is 509. The summed E-state index contributed by atoms with van der Waals surface area (Å²) in [6, 6.07) is 0. The second-order valence-electron chi connectivity index (χ2n) is 4.10. The van der Waals surface area contributed by atoms with Gasteiger partial charge in [0.05, 0.1) is 11.2 Å². The number of hydrogen-bond donors (Lipinski definition) is 0. The molecule has 5 nitrogen and oxygen atoms in total. The Morgan fingerprint density at radius 2 is 2.35 bits per heavy atom. The van der Waals surface area contributed by atoms with Gasteiger partial charge in [-0.15, -0.1) is 11.3 Å². The summed E-state index contributed by atoms with van der Waals surface area (Å²) >= 11 is 1.17. The minimum absolute atomic E-state index is 0.174. The zero-order valence-electron chi connectivity index (χ0n) is 9.50. The second kappa shape index (κ2) is 4.83. The van der Waals surface area contributed by atoms with E-state index in [1.54, 1.807) is 6.92 Å². The van der Waals surface area contributed by atoms with E-state index in [2.05, 4.69) is 4.98 Å². The molecule has 1 aliphatic rings. The third kappa shape index (κ3) is 2.56. The third-order valence-corrected chi connectivity index (χ3v) is 6.02. The van der Waals surface area contributed by atoms with Gasteiger partial charge in [0.1, 0.15) is 6.29 Å². The van der Waals surface area contributed by atoms with Crippen LogP contribution < -0.4 is 0 Å². The summed E-state index contributed by atoms with van der Waals surface area (Å²) in [6.45, 7) is 2.56. The van der Waals surface area contributed by atoms with E-state index < -0.39 is 10.0 Å². The van der Waals surface area contributed by atoms with E-state index in [0.717, 1.165) is 24.1 Å². The van der Waals surface area contributed by atoms with E-state index in [9.17, 15) is 13.2 Å². The van der Waals surface area contributed by atoms with E-state index in [0.29, 0.717) is 13.1 Å². The number of aromatic nitrogens is 1. The molecule has 0 bridgehead atoms. The molecule has 1 saturated heterocycles. The molecule has 0 aliphatic carbocycles. The monoisotopic (exact) mass is 274 g/mol. The number of carbonyl (C=O) groups is 1. The highest BCUT2D eigenvalue weighted by Crippen LogP contribution is 2.26. The van der Waals surface area contributed by atoms with E-state index in [4.69, 9.17) is 0 Å². The zero-order valence-corrected chi connectivity index (χ0v) is 11.1. The van der Waals surface area contributed by atoms with Crippen molar-refractivity contribution in [2.24, 2.45) is 5.92 Å². The topological polar surface area (TPSA) is 67.3 Å². The highest BCUT2D eigenvalue weighted by atomic mass is 32.2. The van der Waals surface area contributed by atoms with Gasteiger partial charge >= 0.3 is 0 Å². The minimum atomic E-state index is -3.45. The number of sulfonamides is 1. The van der Waals surface area contributed by atoms with Crippen molar-refractivity contribution in [1.82, 2.24) is 9.29 Å². The predicted molar refractivity (Wildman–Crippen MR) is 64.4 cm³/mol. The largest absolute Gasteiger partial charge is 0.303 e. The second-order valence-corrected chi connectivity index (χ2v) is 7.50. The van der Waals surface area contributed by atoms with Gasteiger partial charge in [-0.1, -0.05) is 0 Å². The molecule has 0 aromatic carbocycles. The van der Waals surface area contributed by atoms with E-state index >= 15 is 0 Å². The van der Waals surface area contributed by atoms with Crippen LogP contribution in [0.4, 0.5) is 0 Å². The molecule has 0 radical (unpaired) electrons. The lowest BCUT2D eigenvalue weighted by Gasteiger charge is -2.28. The summed E-state index contributed by atoms with van der Waals surface area (Å²) in [4.78, 5) is 14.7. The summed E-state index contributed by atoms with van der Waals surface area (Å²) in [5.74, 6) is -0.174. The van der Waals surface area contributed by atoms with Crippen LogP contribution in [0.2, 0.25) is 0 Å². The first-order chi connectivity index (χ1) is 8.04. The van der Waals surface area contributed by atoms with Gasteiger partial charge in [-0.3, -0.25) is 0 Å². The molecule has 0 saturated carbocycles. The van der Waals surface area contributed by atoms with Crippen LogP contribution in [-0.4, -0.2) is 37.1 Å². The summed E-state index contributed by atoms with van der Waals surface area (Å²) in [6.07, 6.45) is 3.75. The zero-order chi connectivity index (χ0) is 12.5. The van der Waals surface area contributed by atoms with Crippen LogP contribution in [0.5, 0.6) is 0 Å². The van der Waals surface area contributed by atoms with Crippen molar-refractivity contribution in [3.63, 3.8) is 0 Å². The van der Waals surface area contributed by atoms with Crippen molar-refractivity contribution >= 4 is 27.6 Å². The van der Waals surface area contributed by atoms with Crippen molar-refractivity contribution in [3.05, 3.63) is 11.2 Å². The Morgan fingerprint density at radius 3 is 2.94 bits per heavy atom. The molecule has 1 fully saturated rings. The van der Waals surface area contributed by atoms with Gasteiger partial charge in [0, 0.05) is 19.0 Å². The fourth-order valence-electron chi connectivity index (χ4n) is 1.89. The van der Waals surface area contributed by atoms with Crippen LogP contribution in [0, 0.1) is 12.8 Å². The highest BCUT2D eigenvalue weighted by Gasteiger charge is 2.31. The number of thiazole rings is 1. The van der Waals surface area contributed by atoms with Gasteiger partial charge in [-0.05, 0) is 19.8 Å². The van der Waals surface area contributed by atoms with Crippen LogP contribution in [0.15, 0.2) is 10.4 Å². The molecule has 1 unspecified atom stereocenters. The van der Waals surface area contributed by atoms with E-state index in [1.165, 1.54) is 21.8 Å². The smallest absolute Gasteiger partial charge is 0.254 e. The lowest BCUT2D eigenvalue weighted by atomic mass is 10.0. The third-order valence-electron chi connectivity index (χ3n) is 2.81. The van der Waals surface area contributed by atoms with Crippen molar-refractivity contribution in [1.29, 1.82) is 0 Å². The minimum Gasteiger partial charge on any atom is -0.303 e. The molecule has 0 amide bonds. The molecule has 2 heterocycles. The standard InChI is InChI=1S/C10H14N2O3S2/c1-8-11-5-10(16-8)17(14,15)12-4-2-3-9(6-12)7-13/h5,7,9H,2-4,6H2,1H3. The molecule has 17 heavy (non-hydrogen) atoms. The fourth-order valence-corrected chi connectivity index (χ4v) is 4.69. The molecule has 1 aromatic rings. The Hall–Kier alpha value is -0.790. The van der Waals surface area contributed by atoms with Crippen molar-refractivity contribution in [3.8, 4) is 0 Å². The maximum absolute atomic E-state index is 12.2. The summed E-state index contributed by atoms with van der Waals surface area (Å²) in [7, 11) is -3.45. The average Bonchev–Trinajstić information content (AvgIpc) is 2.76. The molecule has 94 valence electrons. The Balaban J connectivity index is 2.23. The summed E-state index contributed by atoms with van der Waals surface area (Å²) < 4.78 is 26.1. The van der Waals surface area contributed by atoms with Crippen molar-refractivity contribution in [2.45, 2.75) is 24.0 Å². The molecular weight excluding hydrogens is 260 g/mol. The molecule has 1 atom stereocenters. The number of nitrogens with zero attached hydrogens (tertiary/aromatic N) is 2. The molecular formula is C10H14N2O3S2. The molecule has 7 heteroatoms. The van der Waals surface area contributed by atoms with Crippen LogP contribution in [0.25, 0.3) is 0 Å². The maximum Gasteiger partial charge on any atom is 0.254 e. The lowest BCUT2D eigenvalue weighted by molar-refractivity contribution is -0.112. The van der Waals surface area contributed by atoms with Gasteiger partial charge in [-0.25, -0.2) is 13.4 Å². The number of piperidine rings is 1. The first-order valence-corrected chi connectivity index (χ1v) is 7.67. The van der Waals surface area contributed by atoms with Gasteiger partial charge in [-0.2, -0.15) is 4.31 Å². The van der Waals surface area contributed by atoms with Crippen LogP contribution in [0.3, 0.4) is 0 Å². The SMILES string of the molecule is Cc1ncc(S(=O)(=O)N2CCCC(C=O)C2)s1. The average molecular weight is 274 g/mol. The number of aldehydes is 1. The summed E-state index contributed by atoms with van der Waals surface area (Å²) in [5.41, 5.74) is 0. The van der Waals surface area contributed by atoms with E-state index in [-0.39, 0.29) is 10.1 Å². The van der Waals surface area contributed by atoms with Crippen LogP contribution >= 0.6 is 11.3 Å². The normalized spacial score (nSPS) is 22.5. The number of aryl methyl sites for hydroxylation is 1. The molecule has 0 N–H and O–H groups in total. The van der Waals surface area contributed by atoms with Crippen LogP contribution in [-0.2, 0) is 14.8 Å². The Kier molecular flexibility index (Phi) is 3.60. The lowest BCUT2D eigenvalue weighted by Crippen LogP contribution is -2.40. The van der Waals surface area contributed by atoms with Gasteiger partial charge in [0.15, 0.2) is 4.21 Å². The molecule has 1 aliphatic heterocycles. The van der Waals surface area contributed by atoms with Gasteiger partial charge in [0.25, 0.3) is 10.0 Å². The van der Waals surface area contributed by atoms with E-state index in [1.807, 2.05) is 0 Å². The van der Waals surface area contributed by atoms with Gasteiger partial charge in [0.2, 0.25) is 0 Å². The number of rotatable bonds is 3. The molecule has 0 spiro atoms. The number of hydrogen-bond acceptors (Lipinski definition) is 5. The van der Waals surface area contributed by atoms with Crippen molar-refractivity contribution in [2.75, 3.05) is 13.1 Å². The first-order valence-electron chi connectivity index (χ1n) is 5.42. The Morgan fingerprint density at radius 1 is 1.59 bits per heavy atom. The highest BCUT2D eigenvalue weighted by molar-refractivity contribution is 7.91. The summed E-state index contributed by atoms with van der Waals surface area (Å²) in [5, 5.41) is 0.729. The van der Waals surface area contributed by atoms with Crippen molar-refractivity contribution < 1.29 is 13.2 Å². The fraction of sp³-hybridized carbons (Fsp3) is 0.600. The number of carbonyl (C=O) groups excluding carboxylic acids is 1.